The van der Waals surface area contributed by atoms with Gasteiger partial charge >= 0.3 is 0 Å². The van der Waals surface area contributed by atoms with E-state index in [1.54, 1.807) is 12.1 Å². The smallest absolute Gasteiger partial charge is 0.228 e. The van der Waals surface area contributed by atoms with Gasteiger partial charge in [-0.3, -0.25) is 4.79 Å². The number of hydrogen-bond donors (Lipinski definition) is 2. The lowest BCUT2D eigenvalue weighted by molar-refractivity contribution is -0.120. The highest BCUT2D eigenvalue weighted by atomic mass is 16.1. The summed E-state index contributed by atoms with van der Waals surface area (Å²) < 4.78 is 0. The highest BCUT2D eigenvalue weighted by molar-refractivity contribution is 5.93. The van der Waals surface area contributed by atoms with Gasteiger partial charge in [-0.15, -0.1) is 0 Å². The fourth-order valence-electron chi connectivity index (χ4n) is 2.14. The van der Waals surface area contributed by atoms with Crippen molar-refractivity contribution in [3.8, 4) is 6.07 Å². The van der Waals surface area contributed by atoms with Crippen LogP contribution in [0.2, 0.25) is 0 Å². The van der Waals surface area contributed by atoms with E-state index in [9.17, 15) is 4.79 Å². The van der Waals surface area contributed by atoms with Crippen LogP contribution in [0.5, 0.6) is 0 Å². The number of carbonyl (C=O) groups excluding carboxylic acids is 1. The van der Waals surface area contributed by atoms with E-state index in [1.807, 2.05) is 13.0 Å². The summed E-state index contributed by atoms with van der Waals surface area (Å²) >= 11 is 0. The molecule has 2 rings (SSSR count). The number of nitrogens with zero attached hydrogens (tertiary/aromatic N) is 1. The molecule has 1 fully saturated rings. The maximum atomic E-state index is 12.1. The zero-order valence-corrected chi connectivity index (χ0v) is 10.5. The van der Waals surface area contributed by atoms with Gasteiger partial charge in [0, 0.05) is 12.2 Å². The van der Waals surface area contributed by atoms with Gasteiger partial charge in [0.05, 0.1) is 17.6 Å². The molecule has 1 aromatic carbocycles. The number of carbonyl (C=O) groups is 1. The Kier molecular flexibility index (Phi) is 3.96. The molecule has 0 aliphatic carbocycles. The number of piperidine rings is 1. The summed E-state index contributed by atoms with van der Waals surface area (Å²) in [6.45, 7) is 3.66. The maximum absolute atomic E-state index is 12.1. The molecule has 1 atom stereocenters. The Morgan fingerprint density at radius 2 is 2.39 bits per heavy atom. The quantitative estimate of drug-likeness (QED) is 0.832. The average Bonchev–Trinajstić information content (AvgIpc) is 2.42. The third-order valence-electron chi connectivity index (χ3n) is 3.29. The molecule has 1 aliphatic rings. The lowest BCUT2D eigenvalue weighted by atomic mass is 9.98. The highest BCUT2D eigenvalue weighted by Gasteiger charge is 2.21. The topological polar surface area (TPSA) is 64.9 Å². The van der Waals surface area contributed by atoms with Crippen LogP contribution in [0.15, 0.2) is 18.2 Å². The van der Waals surface area contributed by atoms with E-state index < -0.39 is 0 Å². The molecular formula is C14H17N3O. The standard InChI is InChI=1S/C14H17N3O/c1-10-4-5-11(8-15)7-13(10)17-14(18)12-3-2-6-16-9-12/h4-5,7,12,16H,2-3,6,9H2,1H3,(H,17,18)/t12-/m1/s1. The largest absolute Gasteiger partial charge is 0.326 e. The normalized spacial score (nSPS) is 19.0. The predicted molar refractivity (Wildman–Crippen MR) is 70.1 cm³/mol. The van der Waals surface area contributed by atoms with Crippen LogP contribution in [0.25, 0.3) is 0 Å². The molecule has 0 saturated carbocycles. The Labute approximate surface area is 107 Å². The van der Waals surface area contributed by atoms with E-state index in [2.05, 4.69) is 16.7 Å². The fraction of sp³-hybridized carbons (Fsp3) is 0.429. The summed E-state index contributed by atoms with van der Waals surface area (Å²) in [5.74, 6) is 0.0734. The number of rotatable bonds is 2. The number of benzene rings is 1. The number of aryl methyl sites for hydroxylation is 1. The second-order valence-electron chi connectivity index (χ2n) is 4.67. The Morgan fingerprint density at radius 3 is 3.06 bits per heavy atom. The molecule has 1 aliphatic heterocycles. The first kappa shape index (κ1) is 12.6. The predicted octanol–water partition coefficient (Wildman–Crippen LogP) is 1.80. The fourth-order valence-corrected chi connectivity index (χ4v) is 2.14. The molecule has 0 unspecified atom stereocenters. The minimum Gasteiger partial charge on any atom is -0.326 e. The zero-order chi connectivity index (χ0) is 13.0. The Bertz CT molecular complexity index is 484. The van der Waals surface area contributed by atoms with Crippen molar-refractivity contribution in [1.82, 2.24) is 5.32 Å². The average molecular weight is 243 g/mol. The third kappa shape index (κ3) is 2.88. The minimum absolute atomic E-state index is 0.0314. The van der Waals surface area contributed by atoms with Gasteiger partial charge in [-0.1, -0.05) is 6.07 Å². The van der Waals surface area contributed by atoms with Gasteiger partial charge in [-0.25, -0.2) is 0 Å². The first-order valence-corrected chi connectivity index (χ1v) is 6.23. The molecule has 4 heteroatoms. The molecule has 1 aromatic rings. The second-order valence-corrected chi connectivity index (χ2v) is 4.67. The summed E-state index contributed by atoms with van der Waals surface area (Å²) in [6, 6.07) is 7.42. The molecule has 0 spiro atoms. The Balaban J connectivity index is 2.08. The van der Waals surface area contributed by atoms with Crippen molar-refractivity contribution in [2.24, 2.45) is 5.92 Å². The monoisotopic (exact) mass is 243 g/mol. The molecule has 0 bridgehead atoms. The minimum atomic E-state index is 0.0314. The molecule has 2 N–H and O–H groups in total. The van der Waals surface area contributed by atoms with Crippen LogP contribution in [0.1, 0.15) is 24.0 Å². The van der Waals surface area contributed by atoms with Crippen LogP contribution in [0.4, 0.5) is 5.69 Å². The first-order chi connectivity index (χ1) is 8.70. The Hall–Kier alpha value is -1.86. The lowest BCUT2D eigenvalue weighted by Gasteiger charge is -2.22. The number of hydrogen-bond acceptors (Lipinski definition) is 3. The molecule has 1 heterocycles. The zero-order valence-electron chi connectivity index (χ0n) is 10.5. The van der Waals surface area contributed by atoms with Crippen molar-refractivity contribution in [2.75, 3.05) is 18.4 Å². The number of nitriles is 1. The molecule has 1 saturated heterocycles. The van der Waals surface area contributed by atoms with Crippen LogP contribution < -0.4 is 10.6 Å². The third-order valence-corrected chi connectivity index (χ3v) is 3.29. The van der Waals surface area contributed by atoms with Gasteiger partial charge < -0.3 is 10.6 Å². The van der Waals surface area contributed by atoms with Crippen molar-refractivity contribution < 1.29 is 4.79 Å². The van der Waals surface area contributed by atoms with Crippen LogP contribution in [0.3, 0.4) is 0 Å². The lowest BCUT2D eigenvalue weighted by Crippen LogP contribution is -2.37. The van der Waals surface area contributed by atoms with E-state index >= 15 is 0 Å². The summed E-state index contributed by atoms with van der Waals surface area (Å²) in [4.78, 5) is 12.1. The number of amides is 1. The SMILES string of the molecule is Cc1ccc(C#N)cc1NC(=O)[C@@H]1CCCNC1. The summed E-state index contributed by atoms with van der Waals surface area (Å²) in [5.41, 5.74) is 2.29. The maximum Gasteiger partial charge on any atom is 0.228 e. The molecule has 18 heavy (non-hydrogen) atoms. The number of anilines is 1. The highest BCUT2D eigenvalue weighted by Crippen LogP contribution is 2.19. The van der Waals surface area contributed by atoms with E-state index in [0.717, 1.165) is 37.2 Å². The molecule has 1 amide bonds. The summed E-state index contributed by atoms with van der Waals surface area (Å²) in [5, 5.41) is 15.0. The summed E-state index contributed by atoms with van der Waals surface area (Å²) in [6.07, 6.45) is 1.96. The van der Waals surface area contributed by atoms with Crippen LogP contribution in [0, 0.1) is 24.2 Å². The van der Waals surface area contributed by atoms with Crippen LogP contribution in [-0.4, -0.2) is 19.0 Å². The van der Waals surface area contributed by atoms with Gasteiger partial charge in [-0.2, -0.15) is 5.26 Å². The van der Waals surface area contributed by atoms with Crippen molar-refractivity contribution in [1.29, 1.82) is 5.26 Å². The second kappa shape index (κ2) is 5.65. The van der Waals surface area contributed by atoms with Crippen LogP contribution >= 0.6 is 0 Å². The van der Waals surface area contributed by atoms with Gasteiger partial charge in [0.15, 0.2) is 0 Å². The molecule has 94 valence electrons. The van der Waals surface area contributed by atoms with E-state index in [-0.39, 0.29) is 11.8 Å². The summed E-state index contributed by atoms with van der Waals surface area (Å²) in [7, 11) is 0. The van der Waals surface area contributed by atoms with Gasteiger partial charge in [0.1, 0.15) is 0 Å². The Morgan fingerprint density at radius 1 is 1.56 bits per heavy atom. The van der Waals surface area contributed by atoms with Crippen molar-refractivity contribution in [3.63, 3.8) is 0 Å². The first-order valence-electron chi connectivity index (χ1n) is 6.23. The molecule has 0 aromatic heterocycles. The van der Waals surface area contributed by atoms with Crippen molar-refractivity contribution in [3.05, 3.63) is 29.3 Å². The van der Waals surface area contributed by atoms with E-state index in [0.29, 0.717) is 5.56 Å². The van der Waals surface area contributed by atoms with Gasteiger partial charge in [0.25, 0.3) is 0 Å². The van der Waals surface area contributed by atoms with Crippen molar-refractivity contribution in [2.45, 2.75) is 19.8 Å². The van der Waals surface area contributed by atoms with E-state index in [1.165, 1.54) is 0 Å². The molecule has 0 radical (unpaired) electrons. The van der Waals surface area contributed by atoms with Crippen LogP contribution in [-0.2, 0) is 4.79 Å². The van der Waals surface area contributed by atoms with Crippen molar-refractivity contribution >= 4 is 11.6 Å². The van der Waals surface area contributed by atoms with Gasteiger partial charge in [0.2, 0.25) is 5.91 Å². The molecular weight excluding hydrogens is 226 g/mol. The van der Waals surface area contributed by atoms with Gasteiger partial charge in [-0.05, 0) is 44.0 Å². The van der Waals surface area contributed by atoms with E-state index in [4.69, 9.17) is 5.26 Å². The molecule has 4 nitrogen and oxygen atoms in total. The number of nitrogens with one attached hydrogen (secondary N) is 2.